The normalized spacial score (nSPS) is 16.0. The van der Waals surface area contributed by atoms with Gasteiger partial charge in [-0.3, -0.25) is 0 Å². The maximum Gasteiger partial charge on any atom is 0.124 e. The van der Waals surface area contributed by atoms with Gasteiger partial charge in [0.25, 0.3) is 0 Å². The van der Waals surface area contributed by atoms with Gasteiger partial charge in [-0.2, -0.15) is 0 Å². The molecule has 7 heteroatoms. The molecule has 0 aromatic heterocycles. The lowest BCUT2D eigenvalue weighted by atomic mass is 10.1. The number of halogens is 2. The van der Waals surface area contributed by atoms with Crippen LogP contribution in [0.15, 0.2) is 40.9 Å². The highest BCUT2D eigenvalue weighted by Gasteiger charge is 2.19. The van der Waals surface area contributed by atoms with Gasteiger partial charge in [0, 0.05) is 25.2 Å². The van der Waals surface area contributed by atoms with E-state index in [1.54, 1.807) is 19.3 Å². The molecule has 0 aliphatic carbocycles. The number of allylic oxidation sites excluding steroid dienone is 1. The second kappa shape index (κ2) is 6.58. The zero-order valence-corrected chi connectivity index (χ0v) is 12.5. The summed E-state index contributed by atoms with van der Waals surface area (Å²) in [5.74, 6) is 0.794. The number of methoxy groups -OCH3 is 1. The van der Waals surface area contributed by atoms with Crippen LogP contribution in [0.5, 0.6) is 5.75 Å². The van der Waals surface area contributed by atoms with Crippen molar-refractivity contribution in [2.75, 3.05) is 20.2 Å². The fraction of sp³-hybridized carbons (Fsp3) is 0.286. The van der Waals surface area contributed by atoms with Gasteiger partial charge in [0.2, 0.25) is 0 Å². The molecule has 0 unspecified atom stereocenters. The van der Waals surface area contributed by atoms with Crippen molar-refractivity contribution in [2.45, 2.75) is 6.54 Å². The third kappa shape index (κ3) is 3.72. The molecule has 1 heterocycles. The quantitative estimate of drug-likeness (QED) is 0.733. The first-order valence-corrected chi connectivity index (χ1v) is 6.82. The minimum Gasteiger partial charge on any atom is -0.496 e. The fourth-order valence-electron chi connectivity index (χ4n) is 2.25. The summed E-state index contributed by atoms with van der Waals surface area (Å²) < 4.78 is 18.7. The van der Waals surface area contributed by atoms with E-state index in [-0.39, 0.29) is 11.0 Å². The van der Waals surface area contributed by atoms with Crippen molar-refractivity contribution in [3.05, 3.63) is 52.3 Å². The third-order valence-corrected chi connectivity index (χ3v) is 3.30. The number of nitrogens with two attached hydrogens (primary N) is 2. The van der Waals surface area contributed by atoms with Crippen LogP contribution in [-0.2, 0) is 6.54 Å². The zero-order chi connectivity index (χ0) is 15.4. The van der Waals surface area contributed by atoms with Gasteiger partial charge in [-0.1, -0.05) is 11.6 Å². The monoisotopic (exact) mass is 312 g/mol. The number of nitrogens with one attached hydrogen (secondary N) is 1. The Balaban J connectivity index is 2.31. The molecule has 114 valence electrons. The highest BCUT2D eigenvalue weighted by molar-refractivity contribution is 6.29. The summed E-state index contributed by atoms with van der Waals surface area (Å²) in [5.41, 5.74) is 12.9. The smallest absolute Gasteiger partial charge is 0.124 e. The van der Waals surface area contributed by atoms with Crippen molar-refractivity contribution < 1.29 is 9.13 Å². The molecule has 0 atom stereocenters. The third-order valence-electron chi connectivity index (χ3n) is 3.19. The minimum atomic E-state index is -0.313. The van der Waals surface area contributed by atoms with Gasteiger partial charge >= 0.3 is 0 Å². The molecule has 0 saturated carbocycles. The number of hydrogen-bond donors (Lipinski definition) is 3. The van der Waals surface area contributed by atoms with Crippen LogP contribution in [0, 0.1) is 5.82 Å². The molecule has 1 aromatic rings. The molecule has 0 saturated heterocycles. The highest BCUT2D eigenvalue weighted by atomic mass is 35.5. The van der Waals surface area contributed by atoms with E-state index in [2.05, 4.69) is 5.32 Å². The molecule has 2 rings (SSSR count). The zero-order valence-electron chi connectivity index (χ0n) is 11.7. The van der Waals surface area contributed by atoms with Crippen molar-refractivity contribution in [3.8, 4) is 5.75 Å². The Bertz CT molecular complexity index is 584. The van der Waals surface area contributed by atoms with Crippen molar-refractivity contribution in [1.82, 2.24) is 10.2 Å². The lowest BCUT2D eigenvalue weighted by molar-refractivity contribution is 0.312. The van der Waals surface area contributed by atoms with Gasteiger partial charge in [-0.15, -0.1) is 0 Å². The van der Waals surface area contributed by atoms with Crippen LogP contribution < -0.4 is 21.5 Å². The molecule has 1 aliphatic heterocycles. The largest absolute Gasteiger partial charge is 0.496 e. The summed E-state index contributed by atoms with van der Waals surface area (Å²) >= 11 is 5.74. The average Bonchev–Trinajstić information content (AvgIpc) is 2.42. The predicted octanol–water partition coefficient (Wildman–Crippen LogP) is 1.41. The molecule has 1 aromatic carbocycles. The Morgan fingerprint density at radius 2 is 2.33 bits per heavy atom. The van der Waals surface area contributed by atoms with Gasteiger partial charge in [0.15, 0.2) is 0 Å². The first kappa shape index (κ1) is 15.3. The van der Waals surface area contributed by atoms with Crippen molar-refractivity contribution in [3.63, 3.8) is 0 Å². The lowest BCUT2D eigenvalue weighted by Gasteiger charge is -2.32. The van der Waals surface area contributed by atoms with E-state index in [0.717, 1.165) is 5.56 Å². The summed E-state index contributed by atoms with van der Waals surface area (Å²) in [6.45, 7) is 1.82. The maximum absolute atomic E-state index is 13.4. The molecule has 0 radical (unpaired) electrons. The van der Waals surface area contributed by atoms with Crippen LogP contribution in [0.1, 0.15) is 5.56 Å². The number of hydrogen-bond acceptors (Lipinski definition) is 5. The molecule has 0 amide bonds. The molecular weight excluding hydrogens is 295 g/mol. The van der Waals surface area contributed by atoms with E-state index in [9.17, 15) is 4.39 Å². The number of nitrogens with zero attached hydrogens (tertiary/aromatic N) is 1. The molecule has 5 nitrogen and oxygen atoms in total. The summed E-state index contributed by atoms with van der Waals surface area (Å²) in [5, 5.41) is 3.18. The number of benzene rings is 1. The van der Waals surface area contributed by atoms with Crippen LogP contribution >= 0.6 is 11.6 Å². The van der Waals surface area contributed by atoms with E-state index in [1.165, 1.54) is 12.1 Å². The van der Waals surface area contributed by atoms with E-state index < -0.39 is 0 Å². The molecule has 0 bridgehead atoms. The Morgan fingerprint density at radius 3 is 3.00 bits per heavy atom. The Kier molecular flexibility index (Phi) is 4.80. The first-order valence-electron chi connectivity index (χ1n) is 6.45. The van der Waals surface area contributed by atoms with Gasteiger partial charge in [0.1, 0.15) is 22.5 Å². The highest BCUT2D eigenvalue weighted by Crippen LogP contribution is 2.24. The van der Waals surface area contributed by atoms with Gasteiger partial charge < -0.3 is 26.4 Å². The van der Waals surface area contributed by atoms with E-state index in [4.69, 9.17) is 27.8 Å². The SMILES string of the molecule is COc1ccc(F)cc1CN1CCNC(N)=C1/C=C(\N)Cl. The van der Waals surface area contributed by atoms with Crippen molar-refractivity contribution in [1.29, 1.82) is 0 Å². The van der Waals surface area contributed by atoms with Gasteiger partial charge in [-0.05, 0) is 24.3 Å². The van der Waals surface area contributed by atoms with E-state index in [1.807, 2.05) is 4.90 Å². The van der Waals surface area contributed by atoms with Crippen LogP contribution in [-0.4, -0.2) is 25.1 Å². The summed E-state index contributed by atoms with van der Waals surface area (Å²) in [7, 11) is 1.55. The number of rotatable bonds is 4. The maximum atomic E-state index is 13.4. The topological polar surface area (TPSA) is 76.5 Å². The predicted molar refractivity (Wildman–Crippen MR) is 80.7 cm³/mol. The Labute approximate surface area is 128 Å². The molecule has 21 heavy (non-hydrogen) atoms. The minimum absolute atomic E-state index is 0.132. The van der Waals surface area contributed by atoms with E-state index in [0.29, 0.717) is 36.9 Å². The summed E-state index contributed by atoms with van der Waals surface area (Å²) in [6.07, 6.45) is 1.58. The Morgan fingerprint density at radius 1 is 1.57 bits per heavy atom. The molecular formula is C14H18ClFN4O. The van der Waals surface area contributed by atoms with Crippen molar-refractivity contribution >= 4 is 11.6 Å². The number of ether oxygens (including phenoxy) is 1. The standard InChI is InChI=1S/C14H18ClFN4O/c1-21-12-3-2-10(16)6-9(12)8-20-5-4-19-14(18)11(20)7-13(15)17/h2-3,6-7,19H,4-5,8,17-18H2,1H3/b13-7-. The Hall–Kier alpha value is -2.08. The average molecular weight is 313 g/mol. The van der Waals surface area contributed by atoms with Crippen molar-refractivity contribution in [2.24, 2.45) is 11.5 Å². The van der Waals surface area contributed by atoms with Gasteiger partial charge in [-0.25, -0.2) is 4.39 Å². The lowest BCUT2D eigenvalue weighted by Crippen LogP contribution is -2.41. The van der Waals surface area contributed by atoms with E-state index >= 15 is 0 Å². The molecule has 0 spiro atoms. The van der Waals surface area contributed by atoms with Crippen LogP contribution in [0.2, 0.25) is 0 Å². The van der Waals surface area contributed by atoms with Gasteiger partial charge in [0.05, 0.1) is 12.8 Å². The van der Waals surface area contributed by atoms with Crippen LogP contribution in [0.4, 0.5) is 4.39 Å². The summed E-state index contributed by atoms with van der Waals surface area (Å²) in [6, 6.07) is 4.41. The summed E-state index contributed by atoms with van der Waals surface area (Å²) in [4.78, 5) is 1.97. The second-order valence-corrected chi connectivity index (χ2v) is 5.07. The fourth-order valence-corrected chi connectivity index (χ4v) is 2.35. The molecule has 5 N–H and O–H groups in total. The molecule has 1 aliphatic rings. The first-order chi connectivity index (χ1) is 10.0. The van der Waals surface area contributed by atoms with Crippen LogP contribution in [0.25, 0.3) is 0 Å². The van der Waals surface area contributed by atoms with Crippen LogP contribution in [0.3, 0.4) is 0 Å². The second-order valence-electron chi connectivity index (χ2n) is 4.63. The molecule has 0 fully saturated rings.